The molecular weight excluding hydrogens is 376 g/mol. The van der Waals surface area contributed by atoms with Crippen LogP contribution in [0.15, 0.2) is 48.0 Å². The van der Waals surface area contributed by atoms with Crippen molar-refractivity contribution in [1.29, 1.82) is 0 Å². The molecular formula is C23H24N6O. The average molecular weight is 400 g/mol. The van der Waals surface area contributed by atoms with E-state index in [1.165, 1.54) is 29.5 Å². The number of imidazole rings is 1. The van der Waals surface area contributed by atoms with Crippen molar-refractivity contribution in [2.45, 2.75) is 38.3 Å². The lowest BCUT2D eigenvalue weighted by molar-refractivity contribution is 0.0537. The number of benzene rings is 1. The SMILES string of the molecule is Cc1cc2c(c(-c3ccn[nH]3)c1)CCN1C2=CC(n2cnc(C3CC3)c2)=NCC1O. The normalized spacial score (nSPS) is 20.9. The van der Waals surface area contributed by atoms with Crippen LogP contribution in [0.5, 0.6) is 0 Å². The van der Waals surface area contributed by atoms with Crippen LogP contribution in [-0.2, 0) is 6.42 Å². The number of H-pyrrole nitrogens is 1. The van der Waals surface area contributed by atoms with Crippen molar-refractivity contribution < 1.29 is 5.11 Å². The van der Waals surface area contributed by atoms with Crippen LogP contribution in [-0.4, -0.2) is 54.9 Å². The minimum Gasteiger partial charge on any atom is -0.372 e. The molecule has 1 atom stereocenters. The predicted molar refractivity (Wildman–Crippen MR) is 115 cm³/mol. The number of rotatable bonds is 2. The van der Waals surface area contributed by atoms with Gasteiger partial charge in [0.25, 0.3) is 0 Å². The standard InChI is InChI=1S/C23H24N6O/c1-14-8-17(19-4-6-26-27-19)16-5-7-29-21(18(16)9-14)10-22(24-11-23(29)30)28-12-20(25-13-28)15-2-3-15/h4,6,8-10,12-13,15,23,30H,2-3,5,7,11H2,1H3,(H,26,27). The third-order valence-corrected chi connectivity index (χ3v) is 6.28. The minimum absolute atomic E-state index is 0.348. The van der Waals surface area contributed by atoms with E-state index in [0.717, 1.165) is 41.4 Å². The Bertz CT molecular complexity index is 1170. The van der Waals surface area contributed by atoms with Crippen LogP contribution in [0.2, 0.25) is 0 Å². The zero-order chi connectivity index (χ0) is 20.2. The summed E-state index contributed by atoms with van der Waals surface area (Å²) in [7, 11) is 0. The van der Waals surface area contributed by atoms with Crippen LogP contribution in [0.1, 0.15) is 41.1 Å². The fourth-order valence-corrected chi connectivity index (χ4v) is 4.59. The molecule has 3 aliphatic rings. The fraction of sp³-hybridized carbons (Fsp3) is 0.348. The molecule has 152 valence electrons. The Morgan fingerprint density at radius 1 is 1.20 bits per heavy atom. The summed E-state index contributed by atoms with van der Waals surface area (Å²) in [5.74, 6) is 1.42. The van der Waals surface area contributed by atoms with Crippen molar-refractivity contribution >= 4 is 11.5 Å². The predicted octanol–water partition coefficient (Wildman–Crippen LogP) is 2.94. The first-order valence-electron chi connectivity index (χ1n) is 10.6. The Labute approximate surface area is 174 Å². The number of nitrogens with one attached hydrogen (secondary N) is 1. The maximum absolute atomic E-state index is 10.8. The van der Waals surface area contributed by atoms with Crippen molar-refractivity contribution in [3.8, 4) is 11.3 Å². The molecule has 1 fully saturated rings. The second-order valence-electron chi connectivity index (χ2n) is 8.44. The van der Waals surface area contributed by atoms with Crippen molar-refractivity contribution in [1.82, 2.24) is 24.6 Å². The molecule has 1 saturated carbocycles. The zero-order valence-corrected chi connectivity index (χ0v) is 16.9. The molecule has 7 heteroatoms. The van der Waals surface area contributed by atoms with Gasteiger partial charge in [0.15, 0.2) is 0 Å². The molecule has 0 amide bonds. The van der Waals surface area contributed by atoms with Crippen molar-refractivity contribution in [2.75, 3.05) is 13.1 Å². The molecule has 6 rings (SSSR count). The Morgan fingerprint density at radius 2 is 2.07 bits per heavy atom. The van der Waals surface area contributed by atoms with E-state index in [1.807, 2.05) is 17.0 Å². The summed E-state index contributed by atoms with van der Waals surface area (Å²) < 4.78 is 2.00. The van der Waals surface area contributed by atoms with Crippen LogP contribution >= 0.6 is 0 Å². The Hall–Kier alpha value is -3.19. The van der Waals surface area contributed by atoms with E-state index in [1.54, 1.807) is 6.20 Å². The van der Waals surface area contributed by atoms with Crippen LogP contribution < -0.4 is 0 Å². The summed E-state index contributed by atoms with van der Waals surface area (Å²) in [5, 5.41) is 18.1. The summed E-state index contributed by atoms with van der Waals surface area (Å²) in [6.07, 6.45) is 10.5. The van der Waals surface area contributed by atoms with E-state index in [4.69, 9.17) is 4.99 Å². The highest BCUT2D eigenvalue weighted by molar-refractivity contribution is 6.01. The number of nitrogens with zero attached hydrogens (tertiary/aromatic N) is 5. The van der Waals surface area contributed by atoms with Gasteiger partial charge in [0.2, 0.25) is 0 Å². The monoisotopic (exact) mass is 400 g/mol. The quantitative estimate of drug-likeness (QED) is 0.693. The van der Waals surface area contributed by atoms with Crippen LogP contribution in [0, 0.1) is 6.92 Å². The number of hydrogen-bond donors (Lipinski definition) is 2. The number of aromatic nitrogens is 4. The molecule has 1 aromatic carbocycles. The summed E-state index contributed by atoms with van der Waals surface area (Å²) in [6, 6.07) is 6.43. The molecule has 2 N–H and O–H groups in total. The van der Waals surface area contributed by atoms with Crippen molar-refractivity contribution in [3.63, 3.8) is 0 Å². The highest BCUT2D eigenvalue weighted by Crippen LogP contribution is 2.39. The Balaban J connectivity index is 1.48. The number of aromatic amines is 1. The molecule has 30 heavy (non-hydrogen) atoms. The van der Waals surface area contributed by atoms with E-state index >= 15 is 0 Å². The molecule has 7 nitrogen and oxygen atoms in total. The van der Waals surface area contributed by atoms with Crippen LogP contribution in [0.4, 0.5) is 0 Å². The Kier molecular flexibility index (Phi) is 3.92. The van der Waals surface area contributed by atoms with Gasteiger partial charge in [-0.1, -0.05) is 0 Å². The molecule has 3 aromatic rings. The van der Waals surface area contributed by atoms with Gasteiger partial charge in [-0.3, -0.25) is 14.7 Å². The van der Waals surface area contributed by atoms with Crippen LogP contribution in [0.25, 0.3) is 17.0 Å². The van der Waals surface area contributed by atoms with Gasteiger partial charge in [-0.2, -0.15) is 5.10 Å². The Morgan fingerprint density at radius 3 is 2.87 bits per heavy atom. The highest BCUT2D eigenvalue weighted by atomic mass is 16.3. The van der Waals surface area contributed by atoms with Crippen LogP contribution in [0.3, 0.4) is 0 Å². The lowest BCUT2D eigenvalue weighted by Gasteiger charge is -2.36. The molecule has 2 aromatic heterocycles. The number of fused-ring (bicyclic) bond motifs is 3. The fourth-order valence-electron chi connectivity index (χ4n) is 4.59. The van der Waals surface area contributed by atoms with E-state index in [9.17, 15) is 5.11 Å². The maximum Gasteiger partial charge on any atom is 0.146 e. The lowest BCUT2D eigenvalue weighted by Crippen LogP contribution is -2.39. The van der Waals surface area contributed by atoms with Gasteiger partial charge in [-0.25, -0.2) is 4.98 Å². The summed E-state index contributed by atoms with van der Waals surface area (Å²) in [6.45, 7) is 3.21. The van der Waals surface area contributed by atoms with E-state index in [0.29, 0.717) is 12.5 Å². The van der Waals surface area contributed by atoms with Crippen molar-refractivity contribution in [2.24, 2.45) is 4.99 Å². The van der Waals surface area contributed by atoms with Crippen molar-refractivity contribution in [3.05, 3.63) is 65.4 Å². The van der Waals surface area contributed by atoms with E-state index < -0.39 is 6.23 Å². The third kappa shape index (κ3) is 2.89. The number of aliphatic hydroxyl groups is 1. The second kappa shape index (κ2) is 6.67. The molecule has 1 aliphatic carbocycles. The zero-order valence-electron chi connectivity index (χ0n) is 16.9. The van der Waals surface area contributed by atoms with E-state index in [2.05, 4.69) is 51.4 Å². The van der Waals surface area contributed by atoms with Gasteiger partial charge in [0.05, 0.1) is 23.6 Å². The number of aryl methyl sites for hydroxylation is 1. The number of aliphatic imine (C=N–C) groups is 1. The van der Waals surface area contributed by atoms with Gasteiger partial charge in [0.1, 0.15) is 18.4 Å². The molecule has 0 saturated heterocycles. The largest absolute Gasteiger partial charge is 0.372 e. The van der Waals surface area contributed by atoms with E-state index in [-0.39, 0.29) is 0 Å². The maximum atomic E-state index is 10.8. The first kappa shape index (κ1) is 17.7. The number of aliphatic hydroxyl groups excluding tert-OH is 1. The number of hydrogen-bond acceptors (Lipinski definition) is 5. The van der Waals surface area contributed by atoms with Gasteiger partial charge >= 0.3 is 0 Å². The number of allylic oxidation sites excluding steroid dienone is 1. The highest BCUT2D eigenvalue weighted by Gasteiger charge is 2.31. The van der Waals surface area contributed by atoms with Gasteiger partial charge in [0, 0.05) is 42.1 Å². The lowest BCUT2D eigenvalue weighted by atomic mass is 9.88. The smallest absolute Gasteiger partial charge is 0.146 e. The first-order valence-corrected chi connectivity index (χ1v) is 10.6. The molecule has 1 unspecified atom stereocenters. The molecule has 0 spiro atoms. The molecule has 0 bridgehead atoms. The summed E-state index contributed by atoms with van der Waals surface area (Å²) in [4.78, 5) is 11.4. The third-order valence-electron chi connectivity index (χ3n) is 6.28. The van der Waals surface area contributed by atoms with Gasteiger partial charge in [-0.15, -0.1) is 0 Å². The average Bonchev–Trinajstić information content (AvgIpc) is 3.28. The second-order valence-corrected chi connectivity index (χ2v) is 8.44. The molecule has 2 aliphatic heterocycles. The van der Waals surface area contributed by atoms with Gasteiger partial charge in [-0.05, 0) is 55.5 Å². The first-order chi connectivity index (χ1) is 14.7. The van der Waals surface area contributed by atoms with Gasteiger partial charge < -0.3 is 10.0 Å². The summed E-state index contributed by atoms with van der Waals surface area (Å²) in [5.41, 5.74) is 7.98. The molecule has 0 radical (unpaired) electrons. The molecule has 4 heterocycles. The minimum atomic E-state index is -0.635. The topological polar surface area (TPSA) is 82.3 Å². The summed E-state index contributed by atoms with van der Waals surface area (Å²) >= 11 is 0.